The van der Waals surface area contributed by atoms with E-state index in [1.54, 1.807) is 0 Å². The molecule has 0 amide bonds. The van der Waals surface area contributed by atoms with Crippen LogP contribution in [0.2, 0.25) is 0 Å². The average molecular weight is 284 g/mol. The van der Waals surface area contributed by atoms with Crippen molar-refractivity contribution in [2.45, 2.75) is 33.2 Å². The third-order valence-corrected chi connectivity index (χ3v) is 3.31. The fourth-order valence-corrected chi connectivity index (χ4v) is 2.19. The number of aliphatic imine (C=N–C) groups is 1. The molecule has 0 radical (unpaired) electrons. The summed E-state index contributed by atoms with van der Waals surface area (Å²) in [5.41, 5.74) is 1.01. The summed E-state index contributed by atoms with van der Waals surface area (Å²) in [5, 5.41) is 9.01. The second kappa shape index (κ2) is 8.25. The first-order chi connectivity index (χ1) is 10.3. The molecular weight excluding hydrogens is 260 g/mol. The summed E-state index contributed by atoms with van der Waals surface area (Å²) in [6, 6.07) is 10.3. The molecule has 0 aliphatic carbocycles. The summed E-state index contributed by atoms with van der Waals surface area (Å²) in [6.07, 6.45) is 4.18. The number of nitrogens with zero attached hydrogens (tertiary/aromatic N) is 2. The minimum atomic E-state index is 0.586. The Bertz CT molecular complexity index is 587. The summed E-state index contributed by atoms with van der Waals surface area (Å²) in [6.45, 7) is 6.66. The van der Waals surface area contributed by atoms with Crippen LogP contribution in [0.15, 0.2) is 41.5 Å². The van der Waals surface area contributed by atoms with E-state index in [2.05, 4.69) is 46.6 Å². The minimum Gasteiger partial charge on any atom is -0.357 e. The third kappa shape index (κ3) is 4.45. The zero-order chi connectivity index (χ0) is 14.9. The van der Waals surface area contributed by atoms with Gasteiger partial charge in [-0.2, -0.15) is 0 Å². The van der Waals surface area contributed by atoms with Crippen LogP contribution in [0, 0.1) is 0 Å². The van der Waals surface area contributed by atoms with E-state index in [1.807, 2.05) is 24.4 Å². The van der Waals surface area contributed by atoms with Crippen LogP contribution in [-0.4, -0.2) is 24.0 Å². The van der Waals surface area contributed by atoms with Crippen LogP contribution >= 0.6 is 0 Å². The molecule has 4 heteroatoms. The van der Waals surface area contributed by atoms with Gasteiger partial charge in [0.15, 0.2) is 5.96 Å². The summed E-state index contributed by atoms with van der Waals surface area (Å²) in [7, 11) is 0. The number of aromatic nitrogens is 1. The molecule has 0 saturated carbocycles. The van der Waals surface area contributed by atoms with Crippen molar-refractivity contribution in [1.82, 2.24) is 15.6 Å². The van der Waals surface area contributed by atoms with E-state index in [-0.39, 0.29) is 0 Å². The first-order valence-corrected chi connectivity index (χ1v) is 7.70. The number of benzene rings is 1. The van der Waals surface area contributed by atoms with Crippen LogP contribution in [0.4, 0.5) is 0 Å². The molecule has 1 aromatic heterocycles. The predicted molar refractivity (Wildman–Crippen MR) is 89.5 cm³/mol. The normalized spacial score (nSPS) is 11.6. The van der Waals surface area contributed by atoms with Crippen molar-refractivity contribution < 1.29 is 0 Å². The van der Waals surface area contributed by atoms with Gasteiger partial charge in [-0.15, -0.1) is 0 Å². The van der Waals surface area contributed by atoms with E-state index in [1.165, 1.54) is 17.2 Å². The molecule has 0 bridgehead atoms. The number of rotatable bonds is 6. The molecule has 0 spiro atoms. The summed E-state index contributed by atoms with van der Waals surface area (Å²) in [5.74, 6) is 0.862. The zero-order valence-electron chi connectivity index (χ0n) is 12.9. The van der Waals surface area contributed by atoms with E-state index in [4.69, 9.17) is 0 Å². The Kier molecular flexibility index (Phi) is 6.00. The Labute approximate surface area is 126 Å². The molecule has 1 heterocycles. The molecule has 4 nitrogen and oxygen atoms in total. The summed E-state index contributed by atoms with van der Waals surface area (Å²) in [4.78, 5) is 9.11. The lowest BCUT2D eigenvalue weighted by atomic mass is 10.1. The van der Waals surface area contributed by atoms with Crippen molar-refractivity contribution in [3.05, 3.63) is 42.2 Å². The number of unbranched alkanes of at least 4 members (excludes halogenated alkanes) is 1. The third-order valence-electron chi connectivity index (χ3n) is 3.31. The Hall–Kier alpha value is -2.10. The van der Waals surface area contributed by atoms with Crippen LogP contribution in [-0.2, 0) is 6.54 Å². The van der Waals surface area contributed by atoms with Gasteiger partial charge in [0.05, 0.1) is 12.2 Å². The molecule has 2 aromatic rings. The van der Waals surface area contributed by atoms with Crippen LogP contribution < -0.4 is 10.6 Å². The highest BCUT2D eigenvalue weighted by atomic mass is 15.2. The Morgan fingerprint density at radius 3 is 2.81 bits per heavy atom. The van der Waals surface area contributed by atoms with Gasteiger partial charge in [0.1, 0.15) is 0 Å². The van der Waals surface area contributed by atoms with Crippen LogP contribution in [0.3, 0.4) is 0 Å². The SMILES string of the molecule is CCCCNC(=NCc1nccc2ccccc12)NCC. The standard InChI is InChI=1S/C17H24N4/c1-3-5-11-20-17(18-4-2)21-13-16-15-9-7-6-8-14(15)10-12-19-16/h6-10,12H,3-5,11,13H2,1-2H3,(H2,18,20,21). The van der Waals surface area contributed by atoms with Gasteiger partial charge in [-0.25, -0.2) is 4.99 Å². The second-order valence-corrected chi connectivity index (χ2v) is 4.95. The molecule has 2 rings (SSSR count). The van der Waals surface area contributed by atoms with Gasteiger partial charge in [0, 0.05) is 24.7 Å². The van der Waals surface area contributed by atoms with E-state index in [0.29, 0.717) is 6.54 Å². The molecule has 0 aliphatic rings. The number of pyridine rings is 1. The van der Waals surface area contributed by atoms with E-state index in [9.17, 15) is 0 Å². The van der Waals surface area contributed by atoms with Crippen LogP contribution in [0.25, 0.3) is 10.8 Å². The maximum Gasteiger partial charge on any atom is 0.191 e. The van der Waals surface area contributed by atoms with Gasteiger partial charge in [-0.05, 0) is 24.8 Å². The second-order valence-electron chi connectivity index (χ2n) is 4.95. The monoisotopic (exact) mass is 284 g/mol. The first kappa shape index (κ1) is 15.3. The largest absolute Gasteiger partial charge is 0.357 e. The molecule has 0 atom stereocenters. The topological polar surface area (TPSA) is 49.3 Å². The van der Waals surface area contributed by atoms with Crippen molar-refractivity contribution in [3.63, 3.8) is 0 Å². The quantitative estimate of drug-likeness (QED) is 0.487. The van der Waals surface area contributed by atoms with Gasteiger partial charge in [-0.1, -0.05) is 37.6 Å². The van der Waals surface area contributed by atoms with E-state index >= 15 is 0 Å². The molecule has 0 aliphatic heterocycles. The highest BCUT2D eigenvalue weighted by Gasteiger charge is 2.02. The Morgan fingerprint density at radius 2 is 2.00 bits per heavy atom. The highest BCUT2D eigenvalue weighted by molar-refractivity contribution is 5.85. The number of hydrogen-bond acceptors (Lipinski definition) is 2. The van der Waals surface area contributed by atoms with E-state index in [0.717, 1.165) is 31.2 Å². The fraction of sp³-hybridized carbons (Fsp3) is 0.412. The van der Waals surface area contributed by atoms with E-state index < -0.39 is 0 Å². The highest BCUT2D eigenvalue weighted by Crippen LogP contribution is 2.16. The molecule has 0 unspecified atom stereocenters. The lowest BCUT2D eigenvalue weighted by Gasteiger charge is -2.11. The summed E-state index contributed by atoms with van der Waals surface area (Å²) >= 11 is 0. The smallest absolute Gasteiger partial charge is 0.191 e. The number of hydrogen-bond donors (Lipinski definition) is 2. The first-order valence-electron chi connectivity index (χ1n) is 7.70. The minimum absolute atomic E-state index is 0.586. The molecule has 1 aromatic carbocycles. The van der Waals surface area contributed by atoms with Gasteiger partial charge >= 0.3 is 0 Å². The lowest BCUT2D eigenvalue weighted by Crippen LogP contribution is -2.37. The maximum absolute atomic E-state index is 4.64. The van der Waals surface area contributed by atoms with Crippen LogP contribution in [0.1, 0.15) is 32.4 Å². The number of fused-ring (bicyclic) bond motifs is 1. The number of guanidine groups is 1. The Balaban J connectivity index is 2.11. The zero-order valence-corrected chi connectivity index (χ0v) is 12.9. The van der Waals surface area contributed by atoms with Gasteiger partial charge in [0.25, 0.3) is 0 Å². The molecule has 112 valence electrons. The molecule has 0 fully saturated rings. The van der Waals surface area contributed by atoms with Crippen molar-refractivity contribution >= 4 is 16.7 Å². The van der Waals surface area contributed by atoms with Crippen molar-refractivity contribution in [3.8, 4) is 0 Å². The molecule has 0 saturated heterocycles. The number of nitrogens with one attached hydrogen (secondary N) is 2. The van der Waals surface area contributed by atoms with Gasteiger partial charge < -0.3 is 10.6 Å². The lowest BCUT2D eigenvalue weighted by molar-refractivity contribution is 0.729. The fourth-order valence-electron chi connectivity index (χ4n) is 2.19. The van der Waals surface area contributed by atoms with Crippen LogP contribution in [0.5, 0.6) is 0 Å². The van der Waals surface area contributed by atoms with Crippen molar-refractivity contribution in [1.29, 1.82) is 0 Å². The van der Waals surface area contributed by atoms with Gasteiger partial charge in [0.2, 0.25) is 0 Å². The van der Waals surface area contributed by atoms with Crippen molar-refractivity contribution in [2.24, 2.45) is 4.99 Å². The summed E-state index contributed by atoms with van der Waals surface area (Å²) < 4.78 is 0. The average Bonchev–Trinajstić information content (AvgIpc) is 2.53. The maximum atomic E-state index is 4.64. The molecule has 21 heavy (non-hydrogen) atoms. The van der Waals surface area contributed by atoms with Crippen molar-refractivity contribution in [2.75, 3.05) is 13.1 Å². The Morgan fingerprint density at radius 1 is 1.14 bits per heavy atom. The molecular formula is C17H24N4. The van der Waals surface area contributed by atoms with Gasteiger partial charge in [-0.3, -0.25) is 4.98 Å². The predicted octanol–water partition coefficient (Wildman–Crippen LogP) is 3.09. The molecule has 2 N–H and O–H groups in total.